The fourth-order valence-corrected chi connectivity index (χ4v) is 6.13. The number of aliphatic carboxylic acids is 2. The van der Waals surface area contributed by atoms with Gasteiger partial charge in [-0.25, -0.2) is 24.5 Å². The molecule has 1 amide bonds. The van der Waals surface area contributed by atoms with Crippen LogP contribution in [0.15, 0.2) is 42.9 Å². The van der Waals surface area contributed by atoms with Crippen LogP contribution < -0.4 is 20.3 Å². The van der Waals surface area contributed by atoms with E-state index in [9.17, 15) is 44.3 Å². The van der Waals surface area contributed by atoms with Gasteiger partial charge in [-0.15, -0.1) is 10.1 Å². The number of amides is 1. The van der Waals surface area contributed by atoms with Crippen LogP contribution in [0.25, 0.3) is 0 Å². The second-order valence-corrected chi connectivity index (χ2v) is 13.6. The molecule has 2 aromatic heterocycles. The zero-order valence-electron chi connectivity index (χ0n) is 32.2. The molecule has 60 heavy (non-hydrogen) atoms. The number of nitrogens with one attached hydrogen (secondary N) is 2. The average Bonchev–Trinajstić information content (AvgIpc) is 3.69. The largest absolute Gasteiger partial charge is 0.508 e. The number of benzene rings is 1. The summed E-state index contributed by atoms with van der Waals surface area (Å²) in [5.41, 5.74) is -2.03. The standard InChI is InChI=1S/C36H43ClN8O15/c1-56-27-9-8-22(14-26(27)37)17-40-31-25(32(49)41-19-28-38-10-5-11-39-28)18-42-34(43-31)44-12-4-6-23(44)20-58-35(52)57-13-3-2-7-24(21-59-45(54)55)60-30(48)16-36(53,33(50)51)15-29(46)47/h5,8-11,14,18,23-24,53H,2-4,6-7,12-13,15-17,19-21H2,1H3,(H,41,49)(H,46,47)(H,50,51)(H,40,42,43)/t23-,24?,36?/m0/s1. The van der Waals surface area contributed by atoms with Crippen molar-refractivity contribution in [3.63, 3.8) is 0 Å². The van der Waals surface area contributed by atoms with Crippen molar-refractivity contribution in [1.29, 1.82) is 0 Å². The van der Waals surface area contributed by atoms with Crippen molar-refractivity contribution in [1.82, 2.24) is 25.3 Å². The number of ether oxygens (including phenoxy) is 4. The molecule has 5 N–H and O–H groups in total. The van der Waals surface area contributed by atoms with E-state index < -0.39 is 66.2 Å². The number of carbonyl (C=O) groups is 5. The molecule has 1 saturated heterocycles. The first-order valence-electron chi connectivity index (χ1n) is 18.4. The van der Waals surface area contributed by atoms with Gasteiger partial charge in [-0.1, -0.05) is 17.7 Å². The molecule has 3 heterocycles. The SMILES string of the molecule is COc1ccc(CNc2nc(N3CCC[C@H]3COC(=O)OCCCCC(CO[N+](=O)[O-])OC(=O)CC(O)(CC(=O)O)C(=O)O)ncc2C(=O)NCc2ncccn2)cc1Cl. The topological polar surface area (TPSA) is 314 Å². The van der Waals surface area contributed by atoms with Gasteiger partial charge in [0.25, 0.3) is 11.0 Å². The summed E-state index contributed by atoms with van der Waals surface area (Å²) in [5, 5.41) is 44.1. The highest BCUT2D eigenvalue weighted by Gasteiger charge is 2.42. The van der Waals surface area contributed by atoms with Crippen LogP contribution in [0.4, 0.5) is 16.6 Å². The minimum atomic E-state index is -2.97. The number of hydrogen-bond donors (Lipinski definition) is 5. The van der Waals surface area contributed by atoms with Crippen LogP contribution in [0.2, 0.25) is 5.02 Å². The van der Waals surface area contributed by atoms with Crippen LogP contribution in [0.5, 0.6) is 5.75 Å². The minimum Gasteiger partial charge on any atom is -0.495 e. The summed E-state index contributed by atoms with van der Waals surface area (Å²) in [5.74, 6) is -4.05. The van der Waals surface area contributed by atoms with Crippen molar-refractivity contribution in [2.24, 2.45) is 0 Å². The van der Waals surface area contributed by atoms with Crippen LogP contribution in [0.1, 0.15) is 66.7 Å². The molecule has 3 atom stereocenters. The summed E-state index contributed by atoms with van der Waals surface area (Å²) < 4.78 is 20.8. The van der Waals surface area contributed by atoms with E-state index in [0.29, 0.717) is 29.6 Å². The molecular weight excluding hydrogens is 820 g/mol. The molecule has 0 radical (unpaired) electrons. The quantitative estimate of drug-likeness (QED) is 0.0374. The van der Waals surface area contributed by atoms with Crippen molar-refractivity contribution in [2.45, 2.75) is 75.8 Å². The number of methoxy groups -OCH3 is 1. The van der Waals surface area contributed by atoms with Crippen LogP contribution in [-0.4, -0.2) is 122 Å². The van der Waals surface area contributed by atoms with Gasteiger partial charge in [0.1, 0.15) is 42.3 Å². The van der Waals surface area contributed by atoms with E-state index >= 15 is 0 Å². The zero-order chi connectivity index (χ0) is 43.7. The maximum atomic E-state index is 13.3. The lowest BCUT2D eigenvalue weighted by Crippen LogP contribution is -2.43. The van der Waals surface area contributed by atoms with E-state index in [4.69, 9.17) is 35.7 Å². The Kier molecular flexibility index (Phi) is 17.3. The summed E-state index contributed by atoms with van der Waals surface area (Å²) >= 11 is 6.32. The Hall–Kier alpha value is -6.62. The lowest BCUT2D eigenvalue weighted by molar-refractivity contribution is -0.759. The summed E-state index contributed by atoms with van der Waals surface area (Å²) in [6.45, 7) is -0.152. The Balaban J connectivity index is 1.31. The Bertz CT molecular complexity index is 1980. The van der Waals surface area contributed by atoms with E-state index in [1.54, 1.807) is 30.6 Å². The van der Waals surface area contributed by atoms with Gasteiger partial charge in [-0.05, 0) is 55.9 Å². The number of halogens is 1. The van der Waals surface area contributed by atoms with Gasteiger partial charge >= 0.3 is 24.1 Å². The number of carboxylic acid groups (broad SMARTS) is 2. The third-order valence-corrected chi connectivity index (χ3v) is 9.13. The molecule has 0 bridgehead atoms. The molecule has 4 rings (SSSR count). The van der Waals surface area contributed by atoms with E-state index in [1.165, 1.54) is 13.3 Å². The number of carbonyl (C=O) groups excluding carboxylic acids is 3. The second kappa shape index (κ2) is 22.5. The van der Waals surface area contributed by atoms with Crippen molar-refractivity contribution in [2.75, 3.05) is 43.7 Å². The molecular formula is C36H43ClN8O15. The highest BCUT2D eigenvalue weighted by molar-refractivity contribution is 6.32. The molecule has 24 heteroatoms. The predicted octanol–water partition coefficient (Wildman–Crippen LogP) is 2.56. The van der Waals surface area contributed by atoms with Crippen molar-refractivity contribution in [3.05, 3.63) is 74.9 Å². The van der Waals surface area contributed by atoms with Gasteiger partial charge in [0, 0.05) is 31.7 Å². The number of rotatable bonds is 24. The summed E-state index contributed by atoms with van der Waals surface area (Å²) in [6, 6.07) is 6.56. The van der Waals surface area contributed by atoms with Crippen molar-refractivity contribution < 1.29 is 68.2 Å². The monoisotopic (exact) mass is 862 g/mol. The molecule has 0 spiro atoms. The maximum Gasteiger partial charge on any atom is 0.508 e. The Morgan fingerprint density at radius 3 is 2.53 bits per heavy atom. The minimum absolute atomic E-state index is 0.0607. The molecule has 2 unspecified atom stereocenters. The third kappa shape index (κ3) is 14.3. The Morgan fingerprint density at radius 1 is 1.08 bits per heavy atom. The zero-order valence-corrected chi connectivity index (χ0v) is 32.9. The van der Waals surface area contributed by atoms with Crippen molar-refractivity contribution in [3.8, 4) is 5.75 Å². The number of hydrogen-bond acceptors (Lipinski definition) is 19. The van der Waals surface area contributed by atoms with E-state index in [2.05, 4.69) is 35.4 Å². The maximum absolute atomic E-state index is 13.3. The number of esters is 1. The van der Waals surface area contributed by atoms with Crippen LogP contribution in [0, 0.1) is 10.1 Å². The van der Waals surface area contributed by atoms with E-state index in [0.717, 1.165) is 12.0 Å². The molecule has 1 fully saturated rings. The molecule has 0 aliphatic carbocycles. The normalized spacial score (nSPS) is 14.8. The number of aliphatic hydroxyl groups is 1. The number of carboxylic acids is 2. The lowest BCUT2D eigenvalue weighted by Gasteiger charge is -2.25. The lowest BCUT2D eigenvalue weighted by atomic mass is 9.96. The fraction of sp³-hybridized carbons (Fsp3) is 0.472. The van der Waals surface area contributed by atoms with Crippen molar-refractivity contribution >= 4 is 53.3 Å². The highest BCUT2D eigenvalue weighted by Crippen LogP contribution is 2.28. The molecule has 3 aromatic rings. The third-order valence-electron chi connectivity index (χ3n) is 8.83. The first kappa shape index (κ1) is 46.1. The highest BCUT2D eigenvalue weighted by atomic mass is 35.5. The molecule has 0 saturated carbocycles. The predicted molar refractivity (Wildman–Crippen MR) is 204 cm³/mol. The molecule has 324 valence electrons. The average molecular weight is 863 g/mol. The van der Waals surface area contributed by atoms with Gasteiger partial charge in [0.2, 0.25) is 5.95 Å². The van der Waals surface area contributed by atoms with Gasteiger partial charge < -0.3 is 54.6 Å². The summed E-state index contributed by atoms with van der Waals surface area (Å²) in [4.78, 5) is 94.7. The molecule has 1 aromatic carbocycles. The summed E-state index contributed by atoms with van der Waals surface area (Å²) in [6.07, 6.45) is 1.34. The molecule has 1 aliphatic rings. The van der Waals surface area contributed by atoms with E-state index in [-0.39, 0.29) is 68.9 Å². The van der Waals surface area contributed by atoms with Crippen LogP contribution in [0.3, 0.4) is 0 Å². The number of nitrogens with zero attached hydrogens (tertiary/aromatic N) is 6. The number of unbranched alkanes of at least 4 members (excludes halogenated alkanes) is 1. The second-order valence-electron chi connectivity index (χ2n) is 13.2. The molecule has 1 aliphatic heterocycles. The summed E-state index contributed by atoms with van der Waals surface area (Å²) in [7, 11) is 1.51. The van der Waals surface area contributed by atoms with Crippen LogP contribution in [-0.2, 0) is 46.5 Å². The Morgan fingerprint density at radius 2 is 1.85 bits per heavy atom. The number of anilines is 2. The van der Waals surface area contributed by atoms with Gasteiger partial charge in [0.15, 0.2) is 5.60 Å². The first-order chi connectivity index (χ1) is 28.7. The van der Waals surface area contributed by atoms with E-state index in [1.807, 2.05) is 11.0 Å². The molecule has 23 nitrogen and oxygen atoms in total. The van der Waals surface area contributed by atoms with Gasteiger partial charge in [-0.3, -0.25) is 14.4 Å². The first-order valence-corrected chi connectivity index (χ1v) is 18.7. The van der Waals surface area contributed by atoms with Crippen LogP contribution >= 0.6 is 11.6 Å². The number of aromatic nitrogens is 4. The fourth-order valence-electron chi connectivity index (χ4n) is 5.85. The Labute approximate surface area is 346 Å². The van der Waals surface area contributed by atoms with Gasteiger partial charge in [-0.2, -0.15) is 4.98 Å². The van der Waals surface area contributed by atoms with Gasteiger partial charge in [0.05, 0.1) is 44.2 Å². The smallest absolute Gasteiger partial charge is 0.495 e.